The molecule has 0 bridgehead atoms. The van der Waals surface area contributed by atoms with Crippen LogP contribution in [0.4, 0.5) is 28.9 Å². The van der Waals surface area contributed by atoms with E-state index in [0.717, 1.165) is 23.4 Å². The molecule has 8 heteroatoms. The number of rotatable bonds is 5. The zero-order valence-electron chi connectivity index (χ0n) is 18.4. The summed E-state index contributed by atoms with van der Waals surface area (Å²) in [6.45, 7) is 0.436. The molecule has 0 saturated carbocycles. The topological polar surface area (TPSA) is 61.4 Å². The highest BCUT2D eigenvalue weighted by atomic mass is 19.4. The molecule has 0 spiro atoms. The minimum atomic E-state index is -4.46. The van der Waals surface area contributed by atoms with E-state index in [2.05, 4.69) is 10.6 Å². The van der Waals surface area contributed by atoms with Gasteiger partial charge in [0, 0.05) is 36.0 Å². The molecule has 1 unspecified atom stereocenters. The highest BCUT2D eigenvalue weighted by Crippen LogP contribution is 2.32. The van der Waals surface area contributed by atoms with Gasteiger partial charge in [-0.3, -0.25) is 4.79 Å². The van der Waals surface area contributed by atoms with Gasteiger partial charge in [0.05, 0.1) is 11.7 Å². The number of nitrogens with one attached hydrogen (secondary N) is 2. The molecule has 3 aromatic carbocycles. The molecule has 4 nitrogen and oxygen atoms in total. The molecule has 35 heavy (non-hydrogen) atoms. The van der Waals surface area contributed by atoms with Gasteiger partial charge in [0.15, 0.2) is 0 Å². The van der Waals surface area contributed by atoms with Crippen molar-refractivity contribution in [3.63, 3.8) is 0 Å². The van der Waals surface area contributed by atoms with Crippen LogP contribution >= 0.6 is 0 Å². The Hall–Kier alpha value is -3.91. The quantitative estimate of drug-likeness (QED) is 0.245. The van der Waals surface area contributed by atoms with E-state index < -0.39 is 29.6 Å². The summed E-state index contributed by atoms with van der Waals surface area (Å²) in [5.41, 5.74) is 3.03. The van der Waals surface area contributed by atoms with Gasteiger partial charge in [-0.25, -0.2) is 4.39 Å². The van der Waals surface area contributed by atoms with Crippen LogP contribution in [0.1, 0.15) is 22.3 Å². The molecule has 3 N–H and O–H groups in total. The summed E-state index contributed by atoms with van der Waals surface area (Å²) in [6.07, 6.45) is -0.250. The first-order valence-electron chi connectivity index (χ1n) is 10.9. The summed E-state index contributed by atoms with van der Waals surface area (Å²) >= 11 is 0. The SMILES string of the molecule is O=C(C=CC=C(c1ccc(F)cc1)c1ccc(C(F)(F)F)cc1)Nc1cccc2c1CC(O)CN2. The van der Waals surface area contributed by atoms with E-state index in [4.69, 9.17) is 0 Å². The second-order valence-electron chi connectivity index (χ2n) is 8.08. The molecule has 3 aromatic rings. The van der Waals surface area contributed by atoms with Gasteiger partial charge in [-0.1, -0.05) is 42.5 Å². The Bertz CT molecular complexity index is 1260. The van der Waals surface area contributed by atoms with Crippen LogP contribution in [0.15, 0.2) is 85.0 Å². The molecule has 4 rings (SSSR count). The Morgan fingerprint density at radius 3 is 2.31 bits per heavy atom. The first kappa shape index (κ1) is 24.2. The van der Waals surface area contributed by atoms with E-state index in [1.807, 2.05) is 6.07 Å². The molecule has 0 fully saturated rings. The number of halogens is 4. The number of aliphatic hydroxyl groups excluding tert-OH is 1. The van der Waals surface area contributed by atoms with E-state index in [1.54, 1.807) is 18.2 Å². The molecule has 180 valence electrons. The molecule has 0 radical (unpaired) electrons. The normalized spacial score (nSPS) is 16.0. The summed E-state index contributed by atoms with van der Waals surface area (Å²) in [7, 11) is 0. The van der Waals surface area contributed by atoms with Crippen LogP contribution in [-0.2, 0) is 17.4 Å². The zero-order chi connectivity index (χ0) is 25.0. The predicted molar refractivity (Wildman–Crippen MR) is 127 cm³/mol. The van der Waals surface area contributed by atoms with Crippen LogP contribution in [0, 0.1) is 5.82 Å². The van der Waals surface area contributed by atoms with Crippen molar-refractivity contribution >= 4 is 22.9 Å². The Morgan fingerprint density at radius 2 is 1.66 bits per heavy atom. The van der Waals surface area contributed by atoms with Crippen molar-refractivity contribution in [3.05, 3.63) is 113 Å². The maximum Gasteiger partial charge on any atom is 0.416 e. The van der Waals surface area contributed by atoms with Gasteiger partial charge >= 0.3 is 6.18 Å². The van der Waals surface area contributed by atoms with Crippen molar-refractivity contribution in [3.8, 4) is 0 Å². The number of hydrogen-bond acceptors (Lipinski definition) is 3. The zero-order valence-corrected chi connectivity index (χ0v) is 18.4. The van der Waals surface area contributed by atoms with Crippen molar-refractivity contribution in [2.24, 2.45) is 0 Å². The average molecular weight is 482 g/mol. The van der Waals surface area contributed by atoms with Crippen LogP contribution in [0.3, 0.4) is 0 Å². The third-order valence-corrected chi connectivity index (χ3v) is 5.59. The van der Waals surface area contributed by atoms with Crippen LogP contribution in [0.25, 0.3) is 5.57 Å². The van der Waals surface area contributed by atoms with Gasteiger partial charge in [-0.15, -0.1) is 0 Å². The smallest absolute Gasteiger partial charge is 0.391 e. The van der Waals surface area contributed by atoms with Crippen LogP contribution in [0.5, 0.6) is 0 Å². The summed E-state index contributed by atoms with van der Waals surface area (Å²) in [5, 5.41) is 15.8. The number of allylic oxidation sites excluding steroid dienone is 2. The van der Waals surface area contributed by atoms with E-state index in [1.165, 1.54) is 48.6 Å². The fourth-order valence-electron chi connectivity index (χ4n) is 3.86. The van der Waals surface area contributed by atoms with Crippen molar-refractivity contribution < 1.29 is 27.5 Å². The van der Waals surface area contributed by atoms with Crippen molar-refractivity contribution in [2.75, 3.05) is 17.2 Å². The Balaban J connectivity index is 1.58. The summed E-state index contributed by atoms with van der Waals surface area (Å²) in [6, 6.07) is 15.6. The van der Waals surface area contributed by atoms with E-state index in [-0.39, 0.29) is 0 Å². The van der Waals surface area contributed by atoms with Gasteiger partial charge in [0.2, 0.25) is 5.91 Å². The second kappa shape index (κ2) is 10.1. The Kier molecular flexibility index (Phi) is 7.02. The molecular weight excluding hydrogens is 460 g/mol. The summed E-state index contributed by atoms with van der Waals surface area (Å²) in [4.78, 5) is 12.5. The van der Waals surface area contributed by atoms with Crippen molar-refractivity contribution in [2.45, 2.75) is 18.7 Å². The number of β-amino-alcohol motifs (C(OH)–C–C–N with tert-alkyl or cyclic N) is 1. The molecular formula is C27H22F4N2O2. The highest BCUT2D eigenvalue weighted by molar-refractivity contribution is 6.00. The molecule has 1 aliphatic heterocycles. The maximum absolute atomic E-state index is 13.4. The minimum Gasteiger partial charge on any atom is -0.391 e. The van der Waals surface area contributed by atoms with E-state index in [0.29, 0.717) is 35.4 Å². The number of benzene rings is 3. The first-order chi connectivity index (χ1) is 16.7. The fourth-order valence-corrected chi connectivity index (χ4v) is 3.86. The number of carbonyl (C=O) groups is 1. The van der Waals surface area contributed by atoms with Crippen molar-refractivity contribution in [1.29, 1.82) is 0 Å². The third-order valence-electron chi connectivity index (χ3n) is 5.59. The molecule has 0 aromatic heterocycles. The number of alkyl halides is 3. The summed E-state index contributed by atoms with van der Waals surface area (Å²) in [5.74, 6) is -0.859. The number of hydrogen-bond donors (Lipinski definition) is 3. The van der Waals surface area contributed by atoms with Crippen LogP contribution < -0.4 is 10.6 Å². The lowest BCUT2D eigenvalue weighted by molar-refractivity contribution is -0.137. The van der Waals surface area contributed by atoms with Gasteiger partial charge in [0.1, 0.15) is 5.82 Å². The maximum atomic E-state index is 13.4. The number of amides is 1. The fraction of sp³-hybridized carbons (Fsp3) is 0.148. The minimum absolute atomic E-state index is 0.408. The van der Waals surface area contributed by atoms with Gasteiger partial charge < -0.3 is 15.7 Å². The van der Waals surface area contributed by atoms with Gasteiger partial charge in [0.25, 0.3) is 0 Å². The first-order valence-corrected chi connectivity index (χ1v) is 10.9. The lowest BCUT2D eigenvalue weighted by Gasteiger charge is -2.24. The third kappa shape index (κ3) is 5.96. The molecule has 0 aliphatic carbocycles. The van der Waals surface area contributed by atoms with Crippen LogP contribution in [-0.4, -0.2) is 23.7 Å². The van der Waals surface area contributed by atoms with Crippen molar-refractivity contribution in [1.82, 2.24) is 0 Å². The molecule has 1 aliphatic rings. The van der Waals surface area contributed by atoms with E-state index in [9.17, 15) is 27.5 Å². The van der Waals surface area contributed by atoms with Gasteiger partial charge in [-0.05, 0) is 53.1 Å². The highest BCUT2D eigenvalue weighted by Gasteiger charge is 2.30. The molecule has 1 amide bonds. The average Bonchev–Trinajstić information content (AvgIpc) is 2.83. The number of fused-ring (bicyclic) bond motifs is 1. The monoisotopic (exact) mass is 482 g/mol. The van der Waals surface area contributed by atoms with Crippen LogP contribution in [0.2, 0.25) is 0 Å². The van der Waals surface area contributed by atoms with E-state index >= 15 is 0 Å². The number of anilines is 2. The Morgan fingerprint density at radius 1 is 1.00 bits per heavy atom. The number of carbonyl (C=O) groups excluding carboxylic acids is 1. The molecule has 1 atom stereocenters. The Labute approximate surface area is 199 Å². The lowest BCUT2D eigenvalue weighted by atomic mass is 9.96. The van der Waals surface area contributed by atoms with Gasteiger partial charge in [-0.2, -0.15) is 13.2 Å². The summed E-state index contributed by atoms with van der Waals surface area (Å²) < 4.78 is 52.3. The second-order valence-corrected chi connectivity index (χ2v) is 8.08. The lowest BCUT2D eigenvalue weighted by Crippen LogP contribution is -2.28. The predicted octanol–water partition coefficient (Wildman–Crippen LogP) is 5.80. The molecule has 0 saturated heterocycles. The standard InChI is InChI=1S/C27H22F4N2O2/c28-20-13-9-18(10-14-20)22(17-7-11-19(12-8-17)27(29,30)31)3-1-6-26(35)33-25-5-2-4-24-23(25)15-21(34)16-32-24/h1-14,21,32,34H,15-16H2,(H,33,35). The largest absolute Gasteiger partial charge is 0.416 e. The molecule has 1 heterocycles. The number of aliphatic hydroxyl groups is 1.